The highest BCUT2D eigenvalue weighted by Crippen LogP contribution is 2.40. The molecule has 1 fully saturated rings. The number of urea groups is 1. The monoisotopic (exact) mass is 337 g/mol. The molecule has 1 saturated heterocycles. The third kappa shape index (κ3) is 3.49. The number of benzene rings is 1. The average molecular weight is 337 g/mol. The summed E-state index contributed by atoms with van der Waals surface area (Å²) in [5.41, 5.74) is 0.526. The Morgan fingerprint density at radius 3 is 2.79 bits per heavy atom. The molecule has 2 N–H and O–H groups in total. The van der Waals surface area contributed by atoms with Gasteiger partial charge < -0.3 is 34.5 Å². The van der Waals surface area contributed by atoms with Gasteiger partial charge in [0.2, 0.25) is 6.79 Å². The highest BCUT2D eigenvalue weighted by Gasteiger charge is 2.32. The van der Waals surface area contributed by atoms with E-state index in [1.54, 1.807) is 12.1 Å². The van der Waals surface area contributed by atoms with Gasteiger partial charge in [-0.2, -0.15) is 0 Å². The van der Waals surface area contributed by atoms with Crippen LogP contribution in [0.15, 0.2) is 12.1 Å². The van der Waals surface area contributed by atoms with Crippen LogP contribution in [0.1, 0.15) is 6.92 Å². The number of nitrogens with one attached hydrogen (secondary N) is 2. The third-order valence-electron chi connectivity index (χ3n) is 4.09. The molecule has 0 bridgehead atoms. The Hall–Kier alpha value is -2.19. The van der Waals surface area contributed by atoms with Crippen LogP contribution in [0.3, 0.4) is 0 Å². The van der Waals surface area contributed by atoms with Crippen molar-refractivity contribution in [3.63, 3.8) is 0 Å². The summed E-state index contributed by atoms with van der Waals surface area (Å²) in [6.45, 7) is 4.28. The van der Waals surface area contributed by atoms with Crippen LogP contribution < -0.4 is 24.8 Å². The number of nitrogens with zero attached hydrogens (tertiary/aromatic N) is 1. The van der Waals surface area contributed by atoms with Crippen LogP contribution in [0, 0.1) is 0 Å². The maximum Gasteiger partial charge on any atom is 0.319 e. The number of methoxy groups -OCH3 is 1. The first-order valence-corrected chi connectivity index (χ1v) is 7.96. The number of ether oxygens (including phenoxy) is 4. The number of likely N-dealkylation sites (tertiary alicyclic amines) is 1. The van der Waals surface area contributed by atoms with E-state index in [0.717, 1.165) is 13.1 Å². The molecule has 3 rings (SSSR count). The SMILES string of the molecule is CCO[C@@H]1CN(C)C[C@H]1NC(=O)Nc1cc2c(cc1OC)OCO2. The number of fused-ring (bicyclic) bond motifs is 1. The summed E-state index contributed by atoms with van der Waals surface area (Å²) in [7, 11) is 3.55. The minimum absolute atomic E-state index is 0.00982. The molecule has 0 spiro atoms. The number of hydrogen-bond donors (Lipinski definition) is 2. The van der Waals surface area contributed by atoms with Crippen LogP contribution in [-0.2, 0) is 4.74 Å². The van der Waals surface area contributed by atoms with Gasteiger partial charge in [0.1, 0.15) is 5.75 Å². The van der Waals surface area contributed by atoms with E-state index in [2.05, 4.69) is 15.5 Å². The van der Waals surface area contributed by atoms with Gasteiger partial charge in [-0.05, 0) is 14.0 Å². The predicted octanol–water partition coefficient (Wildman–Crippen LogP) is 1.26. The molecule has 1 aromatic carbocycles. The lowest BCUT2D eigenvalue weighted by Crippen LogP contribution is -2.45. The number of rotatable bonds is 5. The molecule has 1 aromatic rings. The van der Waals surface area contributed by atoms with Crippen LogP contribution in [0.25, 0.3) is 0 Å². The third-order valence-corrected chi connectivity index (χ3v) is 4.09. The molecule has 0 saturated carbocycles. The fourth-order valence-electron chi connectivity index (χ4n) is 3.00. The molecular weight excluding hydrogens is 314 g/mol. The highest BCUT2D eigenvalue weighted by molar-refractivity contribution is 5.92. The van der Waals surface area contributed by atoms with Gasteiger partial charge in [-0.3, -0.25) is 0 Å². The Morgan fingerprint density at radius 1 is 1.33 bits per heavy atom. The zero-order valence-electron chi connectivity index (χ0n) is 14.1. The first-order valence-electron chi connectivity index (χ1n) is 7.96. The lowest BCUT2D eigenvalue weighted by molar-refractivity contribution is 0.0568. The van der Waals surface area contributed by atoms with Gasteiger partial charge in [0.15, 0.2) is 11.5 Å². The number of amides is 2. The molecule has 2 heterocycles. The number of carbonyl (C=O) groups excluding carboxylic acids is 1. The van der Waals surface area contributed by atoms with Gasteiger partial charge in [0, 0.05) is 31.8 Å². The molecule has 8 nitrogen and oxygen atoms in total. The molecule has 2 aliphatic rings. The van der Waals surface area contributed by atoms with Crippen LogP contribution in [-0.4, -0.2) is 63.7 Å². The van der Waals surface area contributed by atoms with Crippen molar-refractivity contribution in [1.82, 2.24) is 10.2 Å². The second kappa shape index (κ2) is 7.14. The van der Waals surface area contributed by atoms with Gasteiger partial charge in [-0.25, -0.2) is 4.79 Å². The minimum Gasteiger partial charge on any atom is -0.494 e. The Morgan fingerprint density at radius 2 is 2.08 bits per heavy atom. The van der Waals surface area contributed by atoms with Gasteiger partial charge >= 0.3 is 6.03 Å². The van der Waals surface area contributed by atoms with Crippen LogP contribution in [0.2, 0.25) is 0 Å². The Labute approximate surface area is 141 Å². The van der Waals surface area contributed by atoms with E-state index in [-0.39, 0.29) is 25.0 Å². The summed E-state index contributed by atoms with van der Waals surface area (Å²) in [5, 5.41) is 5.78. The maximum absolute atomic E-state index is 12.4. The normalized spacial score (nSPS) is 22.5. The number of likely N-dealkylation sites (N-methyl/N-ethyl adjacent to an activating group) is 1. The van der Waals surface area contributed by atoms with Crippen molar-refractivity contribution in [1.29, 1.82) is 0 Å². The fourth-order valence-corrected chi connectivity index (χ4v) is 3.00. The lowest BCUT2D eigenvalue weighted by Gasteiger charge is -2.20. The van der Waals surface area contributed by atoms with E-state index in [1.807, 2.05) is 14.0 Å². The molecule has 8 heteroatoms. The summed E-state index contributed by atoms with van der Waals surface area (Å²) in [6, 6.07) is 3.03. The zero-order chi connectivity index (χ0) is 17.1. The molecule has 0 aromatic heterocycles. The van der Waals surface area contributed by atoms with Crippen LogP contribution in [0.4, 0.5) is 10.5 Å². The Balaban J connectivity index is 1.66. The molecule has 0 radical (unpaired) electrons. The fraction of sp³-hybridized carbons (Fsp3) is 0.562. The predicted molar refractivity (Wildman–Crippen MR) is 88.0 cm³/mol. The summed E-state index contributed by atoms with van der Waals surface area (Å²) >= 11 is 0. The molecule has 0 unspecified atom stereocenters. The van der Waals surface area contributed by atoms with Crippen molar-refractivity contribution in [2.24, 2.45) is 0 Å². The highest BCUT2D eigenvalue weighted by atomic mass is 16.7. The Bertz CT molecular complexity index is 610. The molecule has 2 aliphatic heterocycles. The standard InChI is InChI=1S/C16H23N3O5/c1-4-22-15-8-19(2)7-11(15)18-16(20)17-10-5-13-14(24-9-23-13)6-12(10)21-3/h5-6,11,15H,4,7-9H2,1-3H3,(H2,17,18,20)/t11-,15-/m1/s1. The van der Waals surface area contributed by atoms with Crippen LogP contribution in [0.5, 0.6) is 17.2 Å². The summed E-state index contributed by atoms with van der Waals surface area (Å²) < 4.78 is 21.7. The number of carbonyl (C=O) groups is 1. The molecule has 24 heavy (non-hydrogen) atoms. The van der Waals surface area contributed by atoms with Crippen molar-refractivity contribution < 1.29 is 23.7 Å². The van der Waals surface area contributed by atoms with Gasteiger partial charge in [-0.1, -0.05) is 0 Å². The molecule has 2 amide bonds. The van der Waals surface area contributed by atoms with E-state index in [1.165, 1.54) is 7.11 Å². The smallest absolute Gasteiger partial charge is 0.319 e. The van der Waals surface area contributed by atoms with Crippen molar-refractivity contribution in [3.8, 4) is 17.2 Å². The number of anilines is 1. The first-order chi connectivity index (χ1) is 11.6. The van der Waals surface area contributed by atoms with Gasteiger partial charge in [0.05, 0.1) is 24.9 Å². The van der Waals surface area contributed by atoms with E-state index in [0.29, 0.717) is 29.5 Å². The molecule has 132 valence electrons. The molecular formula is C16H23N3O5. The Kier molecular flexibility index (Phi) is 4.96. The largest absolute Gasteiger partial charge is 0.494 e. The van der Waals surface area contributed by atoms with E-state index < -0.39 is 0 Å². The summed E-state index contributed by atoms with van der Waals surface area (Å²) in [6.07, 6.45) is -0.00982. The van der Waals surface area contributed by atoms with Crippen molar-refractivity contribution >= 4 is 11.7 Å². The lowest BCUT2D eigenvalue weighted by atomic mass is 10.2. The minimum atomic E-state index is -0.308. The van der Waals surface area contributed by atoms with Crippen molar-refractivity contribution in [3.05, 3.63) is 12.1 Å². The van der Waals surface area contributed by atoms with Gasteiger partial charge in [0.25, 0.3) is 0 Å². The molecule has 2 atom stereocenters. The molecule has 0 aliphatic carbocycles. The topological polar surface area (TPSA) is 81.3 Å². The average Bonchev–Trinajstić information content (AvgIpc) is 3.13. The quantitative estimate of drug-likeness (QED) is 0.842. The van der Waals surface area contributed by atoms with E-state index in [4.69, 9.17) is 18.9 Å². The van der Waals surface area contributed by atoms with E-state index in [9.17, 15) is 4.79 Å². The summed E-state index contributed by atoms with van der Waals surface area (Å²) in [5.74, 6) is 1.70. The second-order valence-corrected chi connectivity index (χ2v) is 5.83. The van der Waals surface area contributed by atoms with Crippen molar-refractivity contribution in [2.45, 2.75) is 19.1 Å². The second-order valence-electron chi connectivity index (χ2n) is 5.83. The van der Waals surface area contributed by atoms with E-state index >= 15 is 0 Å². The maximum atomic E-state index is 12.4. The zero-order valence-corrected chi connectivity index (χ0v) is 14.1. The van der Waals surface area contributed by atoms with Crippen LogP contribution >= 0.6 is 0 Å². The van der Waals surface area contributed by atoms with Crippen molar-refractivity contribution in [2.75, 3.05) is 46.0 Å². The number of hydrogen-bond acceptors (Lipinski definition) is 6. The first kappa shape index (κ1) is 16.7. The summed E-state index contributed by atoms with van der Waals surface area (Å²) in [4.78, 5) is 14.5. The van der Waals surface area contributed by atoms with Gasteiger partial charge in [-0.15, -0.1) is 0 Å².